The minimum Gasteiger partial charge on any atom is -0.481 e. The van der Waals surface area contributed by atoms with Crippen molar-refractivity contribution in [2.45, 2.75) is 44.1 Å². The maximum Gasteiger partial charge on any atom is 0.309 e. The van der Waals surface area contributed by atoms with Crippen LogP contribution in [-0.4, -0.2) is 39.2 Å². The number of halogens is 2. The third kappa shape index (κ3) is 5.30. The number of nitrogens with zero attached hydrogens (tertiary/aromatic N) is 3. The number of hydrogen-bond donors (Lipinski definition) is 1. The summed E-state index contributed by atoms with van der Waals surface area (Å²) >= 11 is 12.5. The molecule has 2 aromatic carbocycles. The predicted octanol–water partition coefficient (Wildman–Crippen LogP) is 6.48. The van der Waals surface area contributed by atoms with Crippen molar-refractivity contribution in [3.05, 3.63) is 75.6 Å². The molecule has 1 saturated heterocycles. The Balaban J connectivity index is 1.28. The standard InChI is InChI=1S/C27H27Cl2N3O3/c28-22-9-8-21(14-23(22)29)27(11-2-1-3-12-27)13-10-24-30-25(31-35-24)19-6-4-18(5-7-19)15-32-16-20(17-32)26(33)34/h4-10,13-14,20H,1-3,11-12,15-17H2,(H,33,34)/b13-10+. The van der Waals surface area contributed by atoms with E-state index in [0.29, 0.717) is 34.8 Å². The molecule has 1 N–H and O–H groups in total. The van der Waals surface area contributed by atoms with Crippen LogP contribution in [0.3, 0.4) is 0 Å². The number of carbonyl (C=O) groups is 1. The zero-order valence-corrected chi connectivity index (χ0v) is 20.8. The molecule has 8 heteroatoms. The molecule has 0 atom stereocenters. The first-order valence-electron chi connectivity index (χ1n) is 11.9. The van der Waals surface area contributed by atoms with E-state index < -0.39 is 5.97 Å². The van der Waals surface area contributed by atoms with E-state index in [-0.39, 0.29) is 11.3 Å². The smallest absolute Gasteiger partial charge is 0.309 e. The minimum absolute atomic E-state index is 0.126. The molecule has 1 aromatic heterocycles. The van der Waals surface area contributed by atoms with Crippen LogP contribution in [-0.2, 0) is 16.8 Å². The normalized spacial score (nSPS) is 18.6. The lowest BCUT2D eigenvalue weighted by molar-refractivity contribution is -0.147. The number of carboxylic acid groups (broad SMARTS) is 1. The van der Waals surface area contributed by atoms with E-state index in [2.05, 4.69) is 27.2 Å². The molecule has 1 aliphatic heterocycles. The van der Waals surface area contributed by atoms with Crippen LogP contribution in [0.1, 0.15) is 49.1 Å². The second-order valence-electron chi connectivity index (χ2n) is 9.56. The van der Waals surface area contributed by atoms with E-state index in [1.165, 1.54) is 6.42 Å². The lowest BCUT2D eigenvalue weighted by Crippen LogP contribution is -2.49. The molecule has 0 radical (unpaired) electrons. The number of benzene rings is 2. The summed E-state index contributed by atoms with van der Waals surface area (Å²) in [5.74, 6) is 0.0436. The van der Waals surface area contributed by atoms with E-state index in [1.807, 2.05) is 42.5 Å². The van der Waals surface area contributed by atoms with Gasteiger partial charge in [0, 0.05) is 36.7 Å². The number of hydrogen-bond acceptors (Lipinski definition) is 5. The van der Waals surface area contributed by atoms with Gasteiger partial charge in [-0.25, -0.2) is 0 Å². The predicted molar refractivity (Wildman–Crippen MR) is 136 cm³/mol. The van der Waals surface area contributed by atoms with Gasteiger partial charge in [-0.3, -0.25) is 9.69 Å². The van der Waals surface area contributed by atoms with Crippen LogP contribution in [0.2, 0.25) is 10.0 Å². The number of aliphatic carboxylic acids is 1. The van der Waals surface area contributed by atoms with Crippen molar-refractivity contribution in [2.75, 3.05) is 13.1 Å². The Morgan fingerprint density at radius 3 is 2.51 bits per heavy atom. The lowest BCUT2D eigenvalue weighted by atomic mass is 9.69. The summed E-state index contributed by atoms with van der Waals surface area (Å²) in [4.78, 5) is 17.7. The molecule has 0 amide bonds. The summed E-state index contributed by atoms with van der Waals surface area (Å²) < 4.78 is 5.53. The molecular formula is C27H27Cl2N3O3. The van der Waals surface area contributed by atoms with Crippen LogP contribution in [0.4, 0.5) is 0 Å². The monoisotopic (exact) mass is 511 g/mol. The van der Waals surface area contributed by atoms with Gasteiger partial charge in [0.15, 0.2) is 0 Å². The Morgan fingerprint density at radius 1 is 1.09 bits per heavy atom. The zero-order valence-electron chi connectivity index (χ0n) is 19.3. The Morgan fingerprint density at radius 2 is 1.83 bits per heavy atom. The first-order valence-corrected chi connectivity index (χ1v) is 12.7. The SMILES string of the molecule is O=C(O)C1CN(Cc2ccc(-c3noc(/C=C/C4(c5ccc(Cl)c(Cl)c5)CCCCC4)n3)cc2)C1. The third-order valence-electron chi connectivity index (χ3n) is 7.15. The van der Waals surface area contributed by atoms with Crippen LogP contribution in [0.25, 0.3) is 17.5 Å². The van der Waals surface area contributed by atoms with Crippen LogP contribution in [0, 0.1) is 5.92 Å². The fourth-order valence-corrected chi connectivity index (χ4v) is 5.36. The van der Waals surface area contributed by atoms with Crippen molar-refractivity contribution >= 4 is 35.2 Å². The highest BCUT2D eigenvalue weighted by atomic mass is 35.5. The van der Waals surface area contributed by atoms with Gasteiger partial charge in [0.1, 0.15) is 0 Å². The molecule has 35 heavy (non-hydrogen) atoms. The fourth-order valence-electron chi connectivity index (χ4n) is 5.06. The average molecular weight is 512 g/mol. The number of rotatable bonds is 7. The molecule has 1 saturated carbocycles. The number of aromatic nitrogens is 2. The minimum atomic E-state index is -0.718. The maximum absolute atomic E-state index is 11.0. The zero-order chi connectivity index (χ0) is 24.4. The molecule has 2 fully saturated rings. The van der Waals surface area contributed by atoms with E-state index in [9.17, 15) is 4.79 Å². The van der Waals surface area contributed by atoms with Gasteiger partial charge in [0.25, 0.3) is 5.89 Å². The lowest BCUT2D eigenvalue weighted by Gasteiger charge is -2.36. The molecule has 0 unspecified atom stereocenters. The van der Waals surface area contributed by atoms with Crippen LogP contribution < -0.4 is 0 Å². The summed E-state index contributed by atoms with van der Waals surface area (Å²) in [6.07, 6.45) is 9.71. The Kier molecular flexibility index (Phi) is 6.96. The average Bonchev–Trinajstić information content (AvgIpc) is 3.31. The van der Waals surface area contributed by atoms with Crippen LogP contribution in [0.5, 0.6) is 0 Å². The van der Waals surface area contributed by atoms with Gasteiger partial charge >= 0.3 is 5.97 Å². The molecule has 3 aromatic rings. The van der Waals surface area contributed by atoms with Gasteiger partial charge in [0.05, 0.1) is 16.0 Å². The van der Waals surface area contributed by atoms with Gasteiger partial charge in [-0.05, 0) is 36.1 Å². The largest absolute Gasteiger partial charge is 0.481 e. The number of carboxylic acids is 1. The highest BCUT2D eigenvalue weighted by Crippen LogP contribution is 2.42. The van der Waals surface area contributed by atoms with Crippen molar-refractivity contribution in [3.8, 4) is 11.4 Å². The first-order chi connectivity index (χ1) is 16.9. The highest BCUT2D eigenvalue weighted by Gasteiger charge is 2.33. The van der Waals surface area contributed by atoms with Gasteiger partial charge in [-0.2, -0.15) is 4.98 Å². The molecule has 2 aliphatic rings. The van der Waals surface area contributed by atoms with E-state index in [1.54, 1.807) is 0 Å². The van der Waals surface area contributed by atoms with Crippen LogP contribution in [0.15, 0.2) is 53.1 Å². The Bertz CT molecular complexity index is 1230. The first kappa shape index (κ1) is 24.0. The summed E-state index contributed by atoms with van der Waals surface area (Å²) in [6.45, 7) is 1.93. The van der Waals surface area contributed by atoms with E-state index in [0.717, 1.165) is 48.9 Å². The van der Waals surface area contributed by atoms with E-state index >= 15 is 0 Å². The molecule has 0 bridgehead atoms. The molecule has 182 valence electrons. The second-order valence-corrected chi connectivity index (χ2v) is 10.4. The Labute approximate surface area is 214 Å². The third-order valence-corrected chi connectivity index (χ3v) is 7.89. The molecule has 5 rings (SSSR count). The van der Waals surface area contributed by atoms with Crippen molar-refractivity contribution < 1.29 is 14.4 Å². The van der Waals surface area contributed by atoms with Gasteiger partial charge in [0.2, 0.25) is 5.82 Å². The van der Waals surface area contributed by atoms with Gasteiger partial charge in [-0.15, -0.1) is 0 Å². The molecule has 1 aliphatic carbocycles. The highest BCUT2D eigenvalue weighted by molar-refractivity contribution is 6.42. The molecular weight excluding hydrogens is 485 g/mol. The van der Waals surface area contributed by atoms with Crippen molar-refractivity contribution in [2.24, 2.45) is 5.92 Å². The maximum atomic E-state index is 11.0. The number of likely N-dealkylation sites (tertiary alicyclic amines) is 1. The van der Waals surface area contributed by atoms with Gasteiger partial charge in [-0.1, -0.05) is 84.0 Å². The summed E-state index contributed by atoms with van der Waals surface area (Å²) in [6, 6.07) is 13.9. The molecule has 0 spiro atoms. The van der Waals surface area contributed by atoms with Gasteiger partial charge < -0.3 is 9.63 Å². The quantitative estimate of drug-likeness (QED) is 0.391. The summed E-state index contributed by atoms with van der Waals surface area (Å²) in [7, 11) is 0. The summed E-state index contributed by atoms with van der Waals surface area (Å²) in [5, 5.41) is 14.3. The number of allylic oxidation sites excluding steroid dienone is 1. The fraction of sp³-hybridized carbons (Fsp3) is 0.370. The van der Waals surface area contributed by atoms with Crippen molar-refractivity contribution in [1.82, 2.24) is 15.0 Å². The summed E-state index contributed by atoms with van der Waals surface area (Å²) in [5.41, 5.74) is 3.04. The van der Waals surface area contributed by atoms with Crippen molar-refractivity contribution in [1.29, 1.82) is 0 Å². The topological polar surface area (TPSA) is 79.5 Å². The van der Waals surface area contributed by atoms with Crippen molar-refractivity contribution in [3.63, 3.8) is 0 Å². The second kappa shape index (κ2) is 10.1. The van der Waals surface area contributed by atoms with E-state index in [4.69, 9.17) is 32.8 Å². The van der Waals surface area contributed by atoms with Crippen LogP contribution >= 0.6 is 23.2 Å². The Hall–Kier alpha value is -2.67. The molecule has 6 nitrogen and oxygen atoms in total. The molecule has 2 heterocycles.